The van der Waals surface area contributed by atoms with Gasteiger partial charge in [0, 0.05) is 25.2 Å². The molecule has 0 aliphatic carbocycles. The van der Waals surface area contributed by atoms with Crippen LogP contribution in [0.2, 0.25) is 5.15 Å². The second-order valence-electron chi connectivity index (χ2n) is 4.64. The minimum absolute atomic E-state index is 0.127. The van der Waals surface area contributed by atoms with Crippen LogP contribution in [-0.4, -0.2) is 49.0 Å². The van der Waals surface area contributed by atoms with Gasteiger partial charge in [-0.05, 0) is 32.1 Å². The summed E-state index contributed by atoms with van der Waals surface area (Å²) in [6.45, 7) is 7.34. The van der Waals surface area contributed by atoms with Gasteiger partial charge in [0.25, 0.3) is 5.91 Å². The second kappa shape index (κ2) is 8.76. The minimum atomic E-state index is -0.127. The maximum absolute atomic E-state index is 12.0. The number of rotatable bonds is 8. The van der Waals surface area contributed by atoms with Crippen LogP contribution < -0.4 is 10.6 Å². The van der Waals surface area contributed by atoms with Crippen molar-refractivity contribution in [3.63, 3.8) is 0 Å². The molecule has 2 N–H and O–H groups in total. The molecule has 1 heterocycles. The fourth-order valence-corrected chi connectivity index (χ4v) is 1.80. The van der Waals surface area contributed by atoms with Crippen molar-refractivity contribution in [1.82, 2.24) is 15.2 Å². The van der Waals surface area contributed by atoms with Gasteiger partial charge in [0.1, 0.15) is 11.0 Å². The van der Waals surface area contributed by atoms with Crippen molar-refractivity contribution in [2.45, 2.75) is 20.3 Å². The Kier molecular flexibility index (Phi) is 7.33. The molecule has 0 unspecified atom stereocenters. The third-order valence-corrected chi connectivity index (χ3v) is 3.12. The number of amides is 1. The Morgan fingerprint density at radius 1 is 1.35 bits per heavy atom. The third kappa shape index (κ3) is 5.75. The molecule has 0 radical (unpaired) electrons. The largest absolute Gasteiger partial charge is 0.370 e. The van der Waals surface area contributed by atoms with E-state index in [4.69, 9.17) is 11.6 Å². The summed E-state index contributed by atoms with van der Waals surface area (Å²) in [4.78, 5) is 18.3. The van der Waals surface area contributed by atoms with E-state index in [0.29, 0.717) is 23.1 Å². The predicted octanol–water partition coefficient (Wildman–Crippen LogP) is 2.24. The van der Waals surface area contributed by atoms with Gasteiger partial charge in [-0.25, -0.2) is 4.98 Å². The highest BCUT2D eigenvalue weighted by atomic mass is 35.5. The average molecular weight is 299 g/mol. The topological polar surface area (TPSA) is 57.3 Å². The summed E-state index contributed by atoms with van der Waals surface area (Å²) < 4.78 is 0. The Hall–Kier alpha value is -1.33. The van der Waals surface area contributed by atoms with Crippen LogP contribution in [0.5, 0.6) is 0 Å². The maximum atomic E-state index is 12.0. The predicted molar refractivity (Wildman–Crippen MR) is 83.5 cm³/mol. The molecule has 0 bridgehead atoms. The molecule has 0 saturated heterocycles. The van der Waals surface area contributed by atoms with Crippen LogP contribution in [0.4, 0.5) is 5.82 Å². The summed E-state index contributed by atoms with van der Waals surface area (Å²) in [5.41, 5.74) is 0.530. The lowest BCUT2D eigenvalue weighted by Gasteiger charge is -2.14. The van der Waals surface area contributed by atoms with Crippen molar-refractivity contribution >= 4 is 23.3 Å². The summed E-state index contributed by atoms with van der Waals surface area (Å²) >= 11 is 5.94. The lowest BCUT2D eigenvalue weighted by Crippen LogP contribution is -2.32. The van der Waals surface area contributed by atoms with Crippen LogP contribution in [-0.2, 0) is 0 Å². The van der Waals surface area contributed by atoms with E-state index in [1.54, 1.807) is 12.1 Å². The van der Waals surface area contributed by atoms with Gasteiger partial charge in [0.2, 0.25) is 0 Å². The first-order valence-electron chi connectivity index (χ1n) is 6.95. The highest BCUT2D eigenvalue weighted by Crippen LogP contribution is 2.14. The molecule has 1 aromatic heterocycles. The molecule has 20 heavy (non-hydrogen) atoms. The number of pyridine rings is 1. The quantitative estimate of drug-likeness (QED) is 0.723. The van der Waals surface area contributed by atoms with Crippen LogP contribution in [0.25, 0.3) is 0 Å². The Labute approximate surface area is 125 Å². The zero-order valence-corrected chi connectivity index (χ0v) is 13.1. The van der Waals surface area contributed by atoms with Gasteiger partial charge in [-0.3, -0.25) is 4.79 Å². The number of anilines is 1. The molecule has 0 spiro atoms. The smallest absolute Gasteiger partial charge is 0.251 e. The van der Waals surface area contributed by atoms with Crippen LogP contribution in [0.15, 0.2) is 12.1 Å². The van der Waals surface area contributed by atoms with Gasteiger partial charge in [0.15, 0.2) is 0 Å². The SMILES string of the molecule is CCCNc1cc(C(=O)NCCN(C)CC)cc(Cl)n1. The Bertz CT molecular complexity index is 439. The second-order valence-corrected chi connectivity index (χ2v) is 5.03. The third-order valence-electron chi connectivity index (χ3n) is 2.93. The van der Waals surface area contributed by atoms with Crippen molar-refractivity contribution in [2.75, 3.05) is 38.5 Å². The molecule has 5 nitrogen and oxygen atoms in total. The molecule has 1 amide bonds. The van der Waals surface area contributed by atoms with Gasteiger partial charge in [0.05, 0.1) is 0 Å². The summed E-state index contributed by atoms with van der Waals surface area (Å²) in [5, 5.41) is 6.33. The molecular formula is C14H23ClN4O. The molecule has 1 aromatic rings. The van der Waals surface area contributed by atoms with E-state index in [-0.39, 0.29) is 5.91 Å². The number of hydrogen-bond acceptors (Lipinski definition) is 4. The van der Waals surface area contributed by atoms with E-state index < -0.39 is 0 Å². The van der Waals surface area contributed by atoms with Crippen molar-refractivity contribution in [1.29, 1.82) is 0 Å². The summed E-state index contributed by atoms with van der Waals surface area (Å²) in [6.07, 6.45) is 0.985. The molecular weight excluding hydrogens is 276 g/mol. The number of likely N-dealkylation sites (N-methyl/N-ethyl adjacent to an activating group) is 1. The zero-order valence-electron chi connectivity index (χ0n) is 12.4. The van der Waals surface area contributed by atoms with Crippen LogP contribution in [0, 0.1) is 0 Å². The Balaban J connectivity index is 2.60. The summed E-state index contributed by atoms with van der Waals surface area (Å²) in [7, 11) is 2.02. The number of nitrogens with zero attached hydrogens (tertiary/aromatic N) is 2. The van der Waals surface area contributed by atoms with Crippen LogP contribution >= 0.6 is 11.6 Å². The van der Waals surface area contributed by atoms with Gasteiger partial charge in [-0.1, -0.05) is 25.4 Å². The molecule has 1 rings (SSSR count). The minimum Gasteiger partial charge on any atom is -0.370 e. The van der Waals surface area contributed by atoms with E-state index in [9.17, 15) is 4.79 Å². The van der Waals surface area contributed by atoms with Gasteiger partial charge >= 0.3 is 0 Å². The average Bonchev–Trinajstić information content (AvgIpc) is 2.44. The highest BCUT2D eigenvalue weighted by Gasteiger charge is 2.09. The van der Waals surface area contributed by atoms with Crippen molar-refractivity contribution in [3.05, 3.63) is 22.8 Å². The lowest BCUT2D eigenvalue weighted by molar-refractivity contribution is 0.0950. The summed E-state index contributed by atoms with van der Waals surface area (Å²) in [5.74, 6) is 0.508. The van der Waals surface area contributed by atoms with Crippen molar-refractivity contribution < 1.29 is 4.79 Å². The Morgan fingerprint density at radius 3 is 2.75 bits per heavy atom. The number of aromatic nitrogens is 1. The number of halogens is 1. The Morgan fingerprint density at radius 2 is 2.10 bits per heavy atom. The zero-order chi connectivity index (χ0) is 15.0. The molecule has 112 valence electrons. The highest BCUT2D eigenvalue weighted by molar-refractivity contribution is 6.29. The van der Waals surface area contributed by atoms with E-state index in [1.807, 2.05) is 7.05 Å². The molecule has 6 heteroatoms. The fraction of sp³-hybridized carbons (Fsp3) is 0.571. The molecule has 0 aliphatic heterocycles. The van der Waals surface area contributed by atoms with Crippen LogP contribution in [0.1, 0.15) is 30.6 Å². The molecule has 0 aliphatic rings. The maximum Gasteiger partial charge on any atom is 0.251 e. The van der Waals surface area contributed by atoms with E-state index in [1.165, 1.54) is 0 Å². The number of carbonyl (C=O) groups excluding carboxylic acids is 1. The van der Waals surface area contributed by atoms with E-state index >= 15 is 0 Å². The molecule has 0 aromatic carbocycles. The molecule has 0 atom stereocenters. The molecule has 0 saturated carbocycles. The standard InChI is InChI=1S/C14H23ClN4O/c1-4-6-16-13-10-11(9-12(15)18-13)14(20)17-7-8-19(3)5-2/h9-10H,4-8H2,1-3H3,(H,16,18)(H,17,20). The van der Waals surface area contributed by atoms with Gasteiger partial charge < -0.3 is 15.5 Å². The normalized spacial score (nSPS) is 10.7. The van der Waals surface area contributed by atoms with Crippen molar-refractivity contribution in [2.24, 2.45) is 0 Å². The number of hydrogen-bond donors (Lipinski definition) is 2. The van der Waals surface area contributed by atoms with Gasteiger partial charge in [-0.15, -0.1) is 0 Å². The van der Waals surface area contributed by atoms with E-state index in [2.05, 4.69) is 34.4 Å². The van der Waals surface area contributed by atoms with Crippen LogP contribution in [0.3, 0.4) is 0 Å². The monoisotopic (exact) mass is 298 g/mol. The first-order chi connectivity index (χ1) is 9.56. The number of nitrogens with one attached hydrogen (secondary N) is 2. The fourth-order valence-electron chi connectivity index (χ4n) is 1.59. The lowest BCUT2D eigenvalue weighted by atomic mass is 10.2. The first-order valence-corrected chi connectivity index (χ1v) is 7.32. The van der Waals surface area contributed by atoms with E-state index in [0.717, 1.165) is 26.1 Å². The first kappa shape index (κ1) is 16.7. The molecule has 0 fully saturated rings. The summed E-state index contributed by atoms with van der Waals surface area (Å²) in [6, 6.07) is 3.30. The van der Waals surface area contributed by atoms with Crippen molar-refractivity contribution in [3.8, 4) is 0 Å². The van der Waals surface area contributed by atoms with Gasteiger partial charge in [-0.2, -0.15) is 0 Å². The number of carbonyl (C=O) groups is 1.